The molecule has 1 aromatic rings. The van der Waals surface area contributed by atoms with Gasteiger partial charge in [0.1, 0.15) is 6.04 Å². The van der Waals surface area contributed by atoms with Gasteiger partial charge in [0.25, 0.3) is 0 Å². The number of hydrogen-bond donors (Lipinski definition) is 1. The molecule has 104 valence electrons. The summed E-state index contributed by atoms with van der Waals surface area (Å²) in [6.45, 7) is 3.61. The van der Waals surface area contributed by atoms with Gasteiger partial charge >= 0.3 is 5.97 Å². The maximum absolute atomic E-state index is 11.7. The van der Waals surface area contributed by atoms with Crippen molar-refractivity contribution in [3.05, 3.63) is 29.3 Å². The normalized spacial score (nSPS) is 11.7. The molecule has 4 nitrogen and oxygen atoms in total. The number of amides is 1. The van der Waals surface area contributed by atoms with E-state index < -0.39 is 12.0 Å². The summed E-state index contributed by atoms with van der Waals surface area (Å²) in [6.07, 6.45) is 0. The smallest absolute Gasteiger partial charge is 0.328 e. The van der Waals surface area contributed by atoms with Gasteiger partial charge in [0, 0.05) is 4.90 Å². The number of ether oxygens (including phenoxy) is 1. The third-order valence-electron chi connectivity index (χ3n) is 2.21. The van der Waals surface area contributed by atoms with Gasteiger partial charge in [-0.15, -0.1) is 11.8 Å². The number of halogens is 1. The summed E-state index contributed by atoms with van der Waals surface area (Å²) in [7, 11) is 0. The Morgan fingerprint density at radius 2 is 2.11 bits per heavy atom. The summed E-state index contributed by atoms with van der Waals surface area (Å²) < 4.78 is 4.80. The van der Waals surface area contributed by atoms with Crippen molar-refractivity contribution in [2.24, 2.45) is 0 Å². The Kier molecular flexibility index (Phi) is 6.73. The van der Waals surface area contributed by atoms with Crippen LogP contribution in [-0.2, 0) is 14.3 Å². The number of esters is 1. The highest BCUT2D eigenvalue weighted by Crippen LogP contribution is 2.26. The quantitative estimate of drug-likeness (QED) is 0.648. The van der Waals surface area contributed by atoms with Crippen molar-refractivity contribution < 1.29 is 14.3 Å². The number of rotatable bonds is 6. The van der Waals surface area contributed by atoms with Crippen molar-refractivity contribution >= 4 is 35.2 Å². The van der Waals surface area contributed by atoms with E-state index >= 15 is 0 Å². The standard InChI is InChI=1S/C13H16ClNO3S/c1-3-18-13(17)9(2)15-12(16)8-19-11-7-5-4-6-10(11)14/h4-7,9H,3,8H2,1-2H3,(H,15,16). The van der Waals surface area contributed by atoms with Gasteiger partial charge < -0.3 is 10.1 Å². The Morgan fingerprint density at radius 1 is 1.42 bits per heavy atom. The van der Waals surface area contributed by atoms with Crippen LogP contribution in [0.2, 0.25) is 5.02 Å². The molecule has 1 aromatic carbocycles. The summed E-state index contributed by atoms with van der Waals surface area (Å²) in [5.41, 5.74) is 0. The van der Waals surface area contributed by atoms with Crippen LogP contribution in [0.3, 0.4) is 0 Å². The number of carbonyl (C=O) groups excluding carboxylic acids is 2. The van der Waals surface area contributed by atoms with Gasteiger partial charge in [-0.3, -0.25) is 4.79 Å². The van der Waals surface area contributed by atoms with E-state index in [1.54, 1.807) is 19.9 Å². The van der Waals surface area contributed by atoms with E-state index in [4.69, 9.17) is 16.3 Å². The van der Waals surface area contributed by atoms with E-state index in [1.165, 1.54) is 11.8 Å². The Labute approximate surface area is 121 Å². The highest BCUT2D eigenvalue weighted by Gasteiger charge is 2.16. The minimum absolute atomic E-state index is 0.202. The second-order valence-corrected chi connectivity index (χ2v) is 5.18. The first-order valence-electron chi connectivity index (χ1n) is 5.88. The minimum atomic E-state index is -0.640. The van der Waals surface area contributed by atoms with Crippen molar-refractivity contribution in [1.82, 2.24) is 5.32 Å². The minimum Gasteiger partial charge on any atom is -0.464 e. The van der Waals surface area contributed by atoms with Gasteiger partial charge in [0.15, 0.2) is 0 Å². The zero-order valence-corrected chi connectivity index (χ0v) is 12.4. The van der Waals surface area contributed by atoms with Crippen molar-refractivity contribution in [3.8, 4) is 0 Å². The van der Waals surface area contributed by atoms with Gasteiger partial charge in [-0.05, 0) is 26.0 Å². The molecule has 0 aliphatic carbocycles. The molecule has 0 fully saturated rings. The van der Waals surface area contributed by atoms with E-state index in [0.717, 1.165) is 4.90 Å². The van der Waals surface area contributed by atoms with Crippen LogP contribution in [0.5, 0.6) is 0 Å². The van der Waals surface area contributed by atoms with Crippen LogP contribution in [0.25, 0.3) is 0 Å². The molecule has 1 unspecified atom stereocenters. The summed E-state index contributed by atoms with van der Waals surface area (Å²) >= 11 is 7.30. The Bertz CT molecular complexity index is 453. The lowest BCUT2D eigenvalue weighted by Crippen LogP contribution is -2.40. The summed E-state index contributed by atoms with van der Waals surface area (Å²) in [5, 5.41) is 3.19. The van der Waals surface area contributed by atoms with Crippen LogP contribution < -0.4 is 5.32 Å². The first-order chi connectivity index (χ1) is 9.04. The molecule has 0 bridgehead atoms. The Morgan fingerprint density at radius 3 is 2.74 bits per heavy atom. The maximum atomic E-state index is 11.7. The van der Waals surface area contributed by atoms with Gasteiger partial charge in [0.2, 0.25) is 5.91 Å². The second-order valence-electron chi connectivity index (χ2n) is 3.76. The van der Waals surface area contributed by atoms with Crippen molar-refractivity contribution in [2.75, 3.05) is 12.4 Å². The number of benzene rings is 1. The summed E-state index contributed by atoms with van der Waals surface area (Å²) in [5.74, 6) is -0.461. The number of carbonyl (C=O) groups is 2. The number of nitrogens with one attached hydrogen (secondary N) is 1. The Balaban J connectivity index is 2.40. The molecular weight excluding hydrogens is 286 g/mol. The lowest BCUT2D eigenvalue weighted by molar-refractivity contribution is -0.146. The highest BCUT2D eigenvalue weighted by atomic mass is 35.5. The van der Waals surface area contributed by atoms with Gasteiger partial charge in [0.05, 0.1) is 17.4 Å². The van der Waals surface area contributed by atoms with Gasteiger partial charge in [-0.25, -0.2) is 4.79 Å². The van der Waals surface area contributed by atoms with Gasteiger partial charge in [-0.2, -0.15) is 0 Å². The van der Waals surface area contributed by atoms with Crippen LogP contribution >= 0.6 is 23.4 Å². The largest absolute Gasteiger partial charge is 0.464 e. The summed E-state index contributed by atoms with van der Waals surface area (Å²) in [6, 6.07) is 6.65. The van der Waals surface area contributed by atoms with Crippen LogP contribution in [0.4, 0.5) is 0 Å². The molecule has 1 amide bonds. The third-order valence-corrected chi connectivity index (χ3v) is 3.73. The van der Waals surface area contributed by atoms with Crippen LogP contribution in [0, 0.1) is 0 Å². The van der Waals surface area contributed by atoms with Crippen molar-refractivity contribution in [2.45, 2.75) is 24.8 Å². The van der Waals surface area contributed by atoms with E-state index in [9.17, 15) is 9.59 Å². The molecule has 0 aliphatic rings. The molecule has 19 heavy (non-hydrogen) atoms. The van der Waals surface area contributed by atoms with Crippen molar-refractivity contribution in [1.29, 1.82) is 0 Å². The van der Waals surface area contributed by atoms with E-state index in [1.807, 2.05) is 18.2 Å². The topological polar surface area (TPSA) is 55.4 Å². The maximum Gasteiger partial charge on any atom is 0.328 e. The fourth-order valence-electron chi connectivity index (χ4n) is 1.31. The average Bonchev–Trinajstić information content (AvgIpc) is 2.38. The SMILES string of the molecule is CCOC(=O)C(C)NC(=O)CSc1ccccc1Cl. The molecule has 6 heteroatoms. The molecule has 0 heterocycles. The van der Waals surface area contributed by atoms with E-state index in [0.29, 0.717) is 11.6 Å². The average molecular weight is 302 g/mol. The number of thioether (sulfide) groups is 1. The fraction of sp³-hybridized carbons (Fsp3) is 0.385. The predicted molar refractivity (Wildman–Crippen MR) is 76.4 cm³/mol. The molecule has 1 N–H and O–H groups in total. The van der Waals surface area contributed by atoms with Crippen LogP contribution in [-0.4, -0.2) is 30.3 Å². The molecule has 0 aromatic heterocycles. The first kappa shape index (κ1) is 15.9. The zero-order valence-electron chi connectivity index (χ0n) is 10.8. The lowest BCUT2D eigenvalue weighted by Gasteiger charge is -2.12. The molecule has 1 atom stereocenters. The molecule has 0 saturated carbocycles. The molecule has 1 rings (SSSR count). The fourth-order valence-corrected chi connectivity index (χ4v) is 2.36. The van der Waals surface area contributed by atoms with Crippen LogP contribution in [0.1, 0.15) is 13.8 Å². The summed E-state index contributed by atoms with van der Waals surface area (Å²) in [4.78, 5) is 23.8. The third kappa shape index (κ3) is 5.53. The number of hydrogen-bond acceptors (Lipinski definition) is 4. The lowest BCUT2D eigenvalue weighted by atomic mass is 10.3. The molecule has 0 aliphatic heterocycles. The second kappa shape index (κ2) is 8.07. The predicted octanol–water partition coefficient (Wildman–Crippen LogP) is 2.50. The first-order valence-corrected chi connectivity index (χ1v) is 7.24. The van der Waals surface area contributed by atoms with E-state index in [-0.39, 0.29) is 11.7 Å². The van der Waals surface area contributed by atoms with Gasteiger partial charge in [-0.1, -0.05) is 23.7 Å². The molecule has 0 spiro atoms. The van der Waals surface area contributed by atoms with Crippen molar-refractivity contribution in [3.63, 3.8) is 0 Å². The van der Waals surface area contributed by atoms with E-state index in [2.05, 4.69) is 5.32 Å². The Hall–Kier alpha value is -1.20. The molecule has 0 radical (unpaired) electrons. The molecular formula is C13H16ClNO3S. The highest BCUT2D eigenvalue weighted by molar-refractivity contribution is 8.00. The molecule has 0 saturated heterocycles. The van der Waals surface area contributed by atoms with Crippen LogP contribution in [0.15, 0.2) is 29.2 Å². The monoisotopic (exact) mass is 301 g/mol. The zero-order chi connectivity index (χ0) is 14.3.